The molecule has 0 heterocycles. The molecule has 0 aromatic heterocycles. The molecule has 21 heavy (non-hydrogen) atoms. The molecule has 3 aromatic carbocycles. The molecule has 0 aliphatic heterocycles. The molecular formula is C19H18O2. The number of hydrogen-bond donors (Lipinski definition) is 1. The molecule has 3 aromatic rings. The highest BCUT2D eigenvalue weighted by atomic mass is 16.5. The third-order valence-electron chi connectivity index (χ3n) is 3.67. The number of aryl methyl sites for hydroxylation is 1. The number of aliphatic hydroxyl groups excluding tert-OH is 1. The maximum atomic E-state index is 9.67. The van der Waals surface area contributed by atoms with Gasteiger partial charge in [0.05, 0.1) is 6.61 Å². The maximum absolute atomic E-state index is 9.67. The molecule has 0 aliphatic rings. The summed E-state index contributed by atoms with van der Waals surface area (Å²) in [6, 6.07) is 20.3. The fourth-order valence-corrected chi connectivity index (χ4v) is 2.46. The van der Waals surface area contributed by atoms with Gasteiger partial charge in [-0.3, -0.25) is 0 Å². The molecule has 3 rings (SSSR count). The van der Waals surface area contributed by atoms with Crippen molar-refractivity contribution in [3.63, 3.8) is 0 Å². The van der Waals surface area contributed by atoms with Crippen molar-refractivity contribution in [2.24, 2.45) is 0 Å². The van der Waals surface area contributed by atoms with Crippen molar-refractivity contribution in [3.05, 3.63) is 77.4 Å². The predicted molar refractivity (Wildman–Crippen MR) is 85.4 cm³/mol. The van der Waals surface area contributed by atoms with Gasteiger partial charge >= 0.3 is 0 Å². The van der Waals surface area contributed by atoms with Crippen LogP contribution in [-0.2, 0) is 13.2 Å². The number of ether oxygens (including phenoxy) is 1. The summed E-state index contributed by atoms with van der Waals surface area (Å²) >= 11 is 0. The second-order valence-corrected chi connectivity index (χ2v) is 5.20. The fourth-order valence-electron chi connectivity index (χ4n) is 2.46. The van der Waals surface area contributed by atoms with Crippen LogP contribution in [0.4, 0.5) is 0 Å². The first-order valence-corrected chi connectivity index (χ1v) is 7.08. The molecule has 0 aliphatic carbocycles. The minimum atomic E-state index is -0.0232. The molecule has 0 atom stereocenters. The summed E-state index contributed by atoms with van der Waals surface area (Å²) in [4.78, 5) is 0. The van der Waals surface area contributed by atoms with E-state index < -0.39 is 0 Å². The van der Waals surface area contributed by atoms with E-state index in [0.717, 1.165) is 27.6 Å². The first-order valence-electron chi connectivity index (χ1n) is 7.08. The quantitative estimate of drug-likeness (QED) is 0.774. The van der Waals surface area contributed by atoms with Crippen LogP contribution in [0.1, 0.15) is 16.7 Å². The summed E-state index contributed by atoms with van der Waals surface area (Å²) in [5, 5.41) is 11.8. The summed E-state index contributed by atoms with van der Waals surface area (Å²) in [5.74, 6) is 0.747. The minimum absolute atomic E-state index is 0.0232. The van der Waals surface area contributed by atoms with E-state index >= 15 is 0 Å². The third-order valence-corrected chi connectivity index (χ3v) is 3.67. The number of hydrogen-bond acceptors (Lipinski definition) is 2. The van der Waals surface area contributed by atoms with E-state index in [0.29, 0.717) is 6.61 Å². The van der Waals surface area contributed by atoms with Gasteiger partial charge in [0.25, 0.3) is 0 Å². The Balaban J connectivity index is 1.88. The lowest BCUT2D eigenvalue weighted by Gasteiger charge is -2.13. The number of aliphatic hydroxyl groups is 1. The van der Waals surface area contributed by atoms with Crippen molar-refractivity contribution in [2.45, 2.75) is 20.1 Å². The van der Waals surface area contributed by atoms with Crippen LogP contribution in [0.15, 0.2) is 60.7 Å². The van der Waals surface area contributed by atoms with Gasteiger partial charge in [-0.05, 0) is 29.3 Å². The zero-order valence-corrected chi connectivity index (χ0v) is 12.0. The fraction of sp³-hybridized carbons (Fsp3) is 0.158. The van der Waals surface area contributed by atoms with E-state index in [9.17, 15) is 5.11 Å². The molecule has 106 valence electrons. The Bertz CT molecular complexity index is 745. The summed E-state index contributed by atoms with van der Waals surface area (Å²) in [6.07, 6.45) is 0. The summed E-state index contributed by atoms with van der Waals surface area (Å²) in [5.41, 5.74) is 3.21. The Labute approximate surface area is 124 Å². The van der Waals surface area contributed by atoms with Crippen molar-refractivity contribution in [2.75, 3.05) is 0 Å². The van der Waals surface area contributed by atoms with Crippen molar-refractivity contribution >= 4 is 10.8 Å². The van der Waals surface area contributed by atoms with Gasteiger partial charge < -0.3 is 9.84 Å². The van der Waals surface area contributed by atoms with Crippen LogP contribution in [0.2, 0.25) is 0 Å². The molecule has 2 nitrogen and oxygen atoms in total. The van der Waals surface area contributed by atoms with E-state index in [1.54, 1.807) is 0 Å². The molecule has 0 spiro atoms. The Morgan fingerprint density at radius 3 is 2.43 bits per heavy atom. The second-order valence-electron chi connectivity index (χ2n) is 5.20. The van der Waals surface area contributed by atoms with Crippen LogP contribution in [0.5, 0.6) is 5.75 Å². The van der Waals surface area contributed by atoms with Crippen LogP contribution in [0.25, 0.3) is 10.8 Å². The lowest BCUT2D eigenvalue weighted by Crippen LogP contribution is -1.99. The molecule has 1 N–H and O–H groups in total. The van der Waals surface area contributed by atoms with E-state index in [1.807, 2.05) is 36.4 Å². The molecule has 0 unspecified atom stereocenters. The average Bonchev–Trinajstić information content (AvgIpc) is 2.53. The lowest BCUT2D eigenvalue weighted by molar-refractivity contribution is 0.261. The highest BCUT2D eigenvalue weighted by molar-refractivity contribution is 5.87. The van der Waals surface area contributed by atoms with Crippen molar-refractivity contribution in [1.82, 2.24) is 0 Å². The number of fused-ring (bicyclic) bond motifs is 1. The standard InChI is InChI=1S/C19H18O2/c1-14-6-8-15(9-7-14)13-21-19-11-10-16-4-2-3-5-17(16)18(19)12-20/h2-11,20H,12-13H2,1H3. The topological polar surface area (TPSA) is 29.5 Å². The maximum Gasteiger partial charge on any atom is 0.125 e. The zero-order chi connectivity index (χ0) is 14.7. The van der Waals surface area contributed by atoms with Crippen LogP contribution < -0.4 is 4.74 Å². The van der Waals surface area contributed by atoms with E-state index in [1.165, 1.54) is 5.56 Å². The largest absolute Gasteiger partial charge is 0.489 e. The van der Waals surface area contributed by atoms with Gasteiger partial charge in [-0.15, -0.1) is 0 Å². The predicted octanol–water partition coefficient (Wildman–Crippen LogP) is 4.22. The van der Waals surface area contributed by atoms with E-state index in [-0.39, 0.29) is 6.61 Å². The van der Waals surface area contributed by atoms with Gasteiger partial charge in [-0.2, -0.15) is 0 Å². The van der Waals surface area contributed by atoms with Crippen LogP contribution >= 0.6 is 0 Å². The van der Waals surface area contributed by atoms with Gasteiger partial charge in [0, 0.05) is 5.56 Å². The molecule has 0 radical (unpaired) electrons. The van der Waals surface area contributed by atoms with Gasteiger partial charge in [0.1, 0.15) is 12.4 Å². The van der Waals surface area contributed by atoms with Crippen LogP contribution in [-0.4, -0.2) is 5.11 Å². The number of rotatable bonds is 4. The van der Waals surface area contributed by atoms with Gasteiger partial charge in [-0.25, -0.2) is 0 Å². The first kappa shape index (κ1) is 13.7. The summed E-state index contributed by atoms with van der Waals surface area (Å²) in [7, 11) is 0. The molecular weight excluding hydrogens is 260 g/mol. The molecule has 0 fully saturated rings. The molecule has 0 saturated heterocycles. The highest BCUT2D eigenvalue weighted by Crippen LogP contribution is 2.28. The van der Waals surface area contributed by atoms with Crippen LogP contribution in [0, 0.1) is 6.92 Å². The monoisotopic (exact) mass is 278 g/mol. The Morgan fingerprint density at radius 2 is 1.67 bits per heavy atom. The zero-order valence-electron chi connectivity index (χ0n) is 12.0. The Morgan fingerprint density at radius 1 is 0.905 bits per heavy atom. The summed E-state index contributed by atoms with van der Waals surface area (Å²) in [6.45, 7) is 2.55. The van der Waals surface area contributed by atoms with Crippen molar-refractivity contribution in [3.8, 4) is 5.75 Å². The van der Waals surface area contributed by atoms with Gasteiger partial charge in [0.2, 0.25) is 0 Å². The van der Waals surface area contributed by atoms with Gasteiger partial charge in [0.15, 0.2) is 0 Å². The normalized spacial score (nSPS) is 10.8. The molecule has 2 heteroatoms. The van der Waals surface area contributed by atoms with E-state index in [4.69, 9.17) is 4.74 Å². The van der Waals surface area contributed by atoms with Crippen LogP contribution in [0.3, 0.4) is 0 Å². The smallest absolute Gasteiger partial charge is 0.125 e. The van der Waals surface area contributed by atoms with Crippen molar-refractivity contribution in [1.29, 1.82) is 0 Å². The average molecular weight is 278 g/mol. The lowest BCUT2D eigenvalue weighted by atomic mass is 10.0. The van der Waals surface area contributed by atoms with Gasteiger partial charge in [-0.1, -0.05) is 60.2 Å². The Kier molecular flexibility index (Phi) is 3.89. The Hall–Kier alpha value is -2.32. The third kappa shape index (κ3) is 2.91. The minimum Gasteiger partial charge on any atom is -0.489 e. The first-order chi connectivity index (χ1) is 10.3. The molecule has 0 amide bonds. The molecule has 0 saturated carbocycles. The van der Waals surface area contributed by atoms with Crippen molar-refractivity contribution < 1.29 is 9.84 Å². The van der Waals surface area contributed by atoms with E-state index in [2.05, 4.69) is 31.2 Å². The highest BCUT2D eigenvalue weighted by Gasteiger charge is 2.08. The summed E-state index contributed by atoms with van der Waals surface area (Å²) < 4.78 is 5.90. The second kappa shape index (κ2) is 5.98. The molecule has 0 bridgehead atoms. The SMILES string of the molecule is Cc1ccc(COc2ccc3ccccc3c2CO)cc1. The number of benzene rings is 3.